The molecule has 0 unspecified atom stereocenters. The lowest BCUT2D eigenvalue weighted by Crippen LogP contribution is -2.31. The van der Waals surface area contributed by atoms with Gasteiger partial charge in [-0.2, -0.15) is 0 Å². The van der Waals surface area contributed by atoms with Gasteiger partial charge in [-0.05, 0) is 49.6 Å². The number of aliphatic hydroxyl groups excluding tert-OH is 1. The molecular formula is C13H18BrNO. The number of likely N-dealkylation sites (tertiary alicyclic amines) is 1. The summed E-state index contributed by atoms with van der Waals surface area (Å²) in [5.41, 5.74) is 2.68. The molecule has 0 aromatic heterocycles. The molecule has 1 aromatic carbocycles. The van der Waals surface area contributed by atoms with E-state index in [0.717, 1.165) is 24.0 Å². The summed E-state index contributed by atoms with van der Waals surface area (Å²) in [4.78, 5) is 2.39. The van der Waals surface area contributed by atoms with Gasteiger partial charge in [-0.15, -0.1) is 0 Å². The SMILES string of the molecule is Cc1cc(Br)ccc1CN1CCC[C@@H]1CO. The zero-order valence-corrected chi connectivity index (χ0v) is 11.2. The zero-order valence-electron chi connectivity index (χ0n) is 9.62. The molecule has 0 amide bonds. The van der Waals surface area contributed by atoms with Crippen molar-refractivity contribution in [1.82, 2.24) is 4.90 Å². The average Bonchev–Trinajstić information content (AvgIpc) is 2.69. The first-order valence-corrected chi connectivity index (χ1v) is 6.60. The average molecular weight is 284 g/mol. The summed E-state index contributed by atoms with van der Waals surface area (Å²) in [6.45, 7) is 4.50. The second kappa shape index (κ2) is 5.30. The Labute approximate surface area is 105 Å². The molecule has 1 fully saturated rings. The predicted octanol–water partition coefficient (Wildman–Crippen LogP) is 2.71. The van der Waals surface area contributed by atoms with E-state index >= 15 is 0 Å². The van der Waals surface area contributed by atoms with Crippen LogP contribution in [0.5, 0.6) is 0 Å². The Hall–Kier alpha value is -0.380. The smallest absolute Gasteiger partial charge is 0.0587 e. The van der Waals surface area contributed by atoms with Gasteiger partial charge in [-0.3, -0.25) is 4.90 Å². The van der Waals surface area contributed by atoms with Crippen molar-refractivity contribution in [3.8, 4) is 0 Å². The third-order valence-corrected chi connectivity index (χ3v) is 3.88. The molecule has 0 radical (unpaired) electrons. The van der Waals surface area contributed by atoms with Crippen molar-refractivity contribution in [3.05, 3.63) is 33.8 Å². The van der Waals surface area contributed by atoms with Crippen molar-refractivity contribution in [3.63, 3.8) is 0 Å². The Morgan fingerprint density at radius 2 is 2.31 bits per heavy atom. The van der Waals surface area contributed by atoms with E-state index < -0.39 is 0 Å². The first-order valence-electron chi connectivity index (χ1n) is 5.80. The summed E-state index contributed by atoms with van der Waals surface area (Å²) in [5, 5.41) is 9.28. The van der Waals surface area contributed by atoms with Crippen molar-refractivity contribution in [2.75, 3.05) is 13.2 Å². The maximum Gasteiger partial charge on any atom is 0.0587 e. The van der Waals surface area contributed by atoms with Crippen LogP contribution < -0.4 is 0 Å². The molecule has 1 aliphatic rings. The number of rotatable bonds is 3. The first kappa shape index (κ1) is 12.1. The lowest BCUT2D eigenvalue weighted by Gasteiger charge is -2.23. The van der Waals surface area contributed by atoms with Crippen LogP contribution in [-0.2, 0) is 6.54 Å². The molecule has 0 spiro atoms. The summed E-state index contributed by atoms with van der Waals surface area (Å²) < 4.78 is 1.13. The number of hydrogen-bond acceptors (Lipinski definition) is 2. The summed E-state index contributed by atoms with van der Waals surface area (Å²) in [6.07, 6.45) is 2.34. The Bertz CT molecular complexity index is 367. The van der Waals surface area contributed by atoms with Gasteiger partial charge in [0.2, 0.25) is 0 Å². The Morgan fingerprint density at radius 3 is 3.00 bits per heavy atom. The summed E-state index contributed by atoms with van der Waals surface area (Å²) in [7, 11) is 0. The van der Waals surface area contributed by atoms with Crippen molar-refractivity contribution in [1.29, 1.82) is 0 Å². The summed E-state index contributed by atoms with van der Waals surface area (Å²) in [5.74, 6) is 0. The number of aliphatic hydroxyl groups is 1. The lowest BCUT2D eigenvalue weighted by molar-refractivity contribution is 0.153. The molecule has 1 N–H and O–H groups in total. The van der Waals surface area contributed by atoms with E-state index in [0.29, 0.717) is 6.04 Å². The molecule has 16 heavy (non-hydrogen) atoms. The summed E-state index contributed by atoms with van der Waals surface area (Å²) >= 11 is 3.48. The van der Waals surface area contributed by atoms with E-state index in [1.165, 1.54) is 17.5 Å². The van der Waals surface area contributed by atoms with E-state index in [-0.39, 0.29) is 6.61 Å². The van der Waals surface area contributed by atoms with Crippen molar-refractivity contribution in [2.45, 2.75) is 32.4 Å². The van der Waals surface area contributed by atoms with Gasteiger partial charge in [0, 0.05) is 17.1 Å². The van der Waals surface area contributed by atoms with Crippen molar-refractivity contribution >= 4 is 15.9 Å². The molecule has 1 saturated heterocycles. The molecule has 1 atom stereocenters. The highest BCUT2D eigenvalue weighted by molar-refractivity contribution is 9.10. The fourth-order valence-electron chi connectivity index (χ4n) is 2.37. The van der Waals surface area contributed by atoms with Crippen LogP contribution in [0.2, 0.25) is 0 Å². The van der Waals surface area contributed by atoms with Crippen LogP contribution in [0, 0.1) is 6.92 Å². The quantitative estimate of drug-likeness (QED) is 0.922. The highest BCUT2D eigenvalue weighted by Gasteiger charge is 2.23. The number of nitrogens with zero attached hydrogens (tertiary/aromatic N) is 1. The minimum Gasteiger partial charge on any atom is -0.395 e. The Balaban J connectivity index is 2.08. The van der Waals surface area contributed by atoms with E-state index in [9.17, 15) is 5.11 Å². The molecule has 1 aliphatic heterocycles. The van der Waals surface area contributed by atoms with E-state index in [1.807, 2.05) is 0 Å². The molecule has 88 valence electrons. The minimum absolute atomic E-state index is 0.287. The van der Waals surface area contributed by atoms with E-state index in [2.05, 4.69) is 46.0 Å². The largest absolute Gasteiger partial charge is 0.395 e. The van der Waals surface area contributed by atoms with Gasteiger partial charge in [-0.1, -0.05) is 22.0 Å². The fraction of sp³-hybridized carbons (Fsp3) is 0.538. The molecular weight excluding hydrogens is 266 g/mol. The van der Waals surface area contributed by atoms with Crippen molar-refractivity contribution in [2.24, 2.45) is 0 Å². The zero-order chi connectivity index (χ0) is 11.5. The molecule has 1 heterocycles. The third-order valence-electron chi connectivity index (χ3n) is 3.39. The summed E-state index contributed by atoms with van der Waals surface area (Å²) in [6, 6.07) is 6.78. The van der Waals surface area contributed by atoms with Crippen LogP contribution in [-0.4, -0.2) is 29.2 Å². The molecule has 1 aromatic rings. The molecule has 2 nitrogen and oxygen atoms in total. The maximum absolute atomic E-state index is 9.28. The Morgan fingerprint density at radius 1 is 1.50 bits per heavy atom. The minimum atomic E-state index is 0.287. The van der Waals surface area contributed by atoms with Crippen LogP contribution >= 0.6 is 15.9 Å². The van der Waals surface area contributed by atoms with Crippen LogP contribution in [0.4, 0.5) is 0 Å². The normalized spacial score (nSPS) is 21.6. The maximum atomic E-state index is 9.28. The van der Waals surface area contributed by atoms with Crippen LogP contribution in [0.15, 0.2) is 22.7 Å². The number of halogens is 1. The lowest BCUT2D eigenvalue weighted by atomic mass is 10.1. The van der Waals surface area contributed by atoms with Gasteiger partial charge in [0.1, 0.15) is 0 Å². The second-order valence-electron chi connectivity index (χ2n) is 4.52. The number of benzene rings is 1. The topological polar surface area (TPSA) is 23.5 Å². The highest BCUT2D eigenvalue weighted by atomic mass is 79.9. The van der Waals surface area contributed by atoms with Gasteiger partial charge in [0.05, 0.1) is 6.61 Å². The molecule has 0 aliphatic carbocycles. The van der Waals surface area contributed by atoms with Gasteiger partial charge in [0.25, 0.3) is 0 Å². The molecule has 3 heteroatoms. The van der Waals surface area contributed by atoms with E-state index in [4.69, 9.17) is 0 Å². The van der Waals surface area contributed by atoms with E-state index in [1.54, 1.807) is 0 Å². The predicted molar refractivity (Wildman–Crippen MR) is 69.4 cm³/mol. The standard InChI is InChI=1S/C13H18BrNO/c1-10-7-12(14)5-4-11(10)8-15-6-2-3-13(15)9-16/h4-5,7,13,16H,2-3,6,8-9H2,1H3/t13-/m1/s1. The molecule has 0 saturated carbocycles. The highest BCUT2D eigenvalue weighted by Crippen LogP contribution is 2.22. The number of hydrogen-bond donors (Lipinski definition) is 1. The van der Waals surface area contributed by atoms with Gasteiger partial charge in [-0.25, -0.2) is 0 Å². The monoisotopic (exact) mass is 283 g/mol. The molecule has 2 rings (SSSR count). The second-order valence-corrected chi connectivity index (χ2v) is 5.44. The van der Waals surface area contributed by atoms with Gasteiger partial charge in [0.15, 0.2) is 0 Å². The van der Waals surface area contributed by atoms with Crippen LogP contribution in [0.1, 0.15) is 24.0 Å². The molecule has 0 bridgehead atoms. The van der Waals surface area contributed by atoms with Crippen molar-refractivity contribution < 1.29 is 5.11 Å². The third kappa shape index (κ3) is 2.65. The first-order chi connectivity index (χ1) is 7.70. The van der Waals surface area contributed by atoms with Gasteiger partial charge >= 0.3 is 0 Å². The van der Waals surface area contributed by atoms with Crippen LogP contribution in [0.25, 0.3) is 0 Å². The Kier molecular flexibility index (Phi) is 4.00. The van der Waals surface area contributed by atoms with Crippen LogP contribution in [0.3, 0.4) is 0 Å². The van der Waals surface area contributed by atoms with Gasteiger partial charge < -0.3 is 5.11 Å². The fourth-order valence-corrected chi connectivity index (χ4v) is 2.84. The number of aryl methyl sites for hydroxylation is 1.